The molecule has 3 aromatic carbocycles. The first-order chi connectivity index (χ1) is 32.1. The number of aromatic nitrogens is 2. The van der Waals surface area contributed by atoms with E-state index in [0.29, 0.717) is 42.9 Å². The van der Waals surface area contributed by atoms with E-state index in [1.54, 1.807) is 17.4 Å². The molecule has 350 valence electrons. The summed E-state index contributed by atoms with van der Waals surface area (Å²) in [6.45, 7) is 11.7. The highest BCUT2D eigenvalue weighted by molar-refractivity contribution is 7.17. The lowest BCUT2D eigenvalue weighted by Gasteiger charge is -2.35. The highest BCUT2D eigenvalue weighted by atomic mass is 32.1. The molecule has 1 saturated heterocycles. The first-order valence-electron chi connectivity index (χ1n) is 22.5. The number of pyridine rings is 1. The Labute approximate surface area is 399 Å². The molecular weight excluding hydrogens is 885 g/mol. The SMILES string of the molecule is Cc1ccccc1Nc1ncc(C(=O)NCCCCCC(=O)N[C@H](C(=O)N2C[C@H](O)C[C@H]2C(=O)N[C@@H](C)c2ccc(-c3scnc3C)cc2)C(C)(C)C)cc1NC(=O)c1csc2ccccc12. The van der Waals surface area contributed by atoms with Crippen LogP contribution in [0, 0.1) is 19.3 Å². The van der Waals surface area contributed by atoms with Gasteiger partial charge in [-0.05, 0) is 73.9 Å². The number of thiazole rings is 1. The minimum absolute atomic E-state index is 0.0185. The van der Waals surface area contributed by atoms with Crippen molar-refractivity contribution in [3.05, 3.63) is 124 Å². The van der Waals surface area contributed by atoms with Crippen molar-refractivity contribution in [3.8, 4) is 10.4 Å². The zero-order chi connectivity index (χ0) is 47.8. The van der Waals surface area contributed by atoms with Gasteiger partial charge in [0.2, 0.25) is 17.7 Å². The minimum atomic E-state index is -0.939. The molecule has 3 aromatic heterocycles. The number of amides is 5. The van der Waals surface area contributed by atoms with Crippen LogP contribution < -0.4 is 26.6 Å². The summed E-state index contributed by atoms with van der Waals surface area (Å²) in [4.78, 5) is 79.5. The number of anilines is 3. The maximum atomic E-state index is 14.2. The molecule has 4 heterocycles. The summed E-state index contributed by atoms with van der Waals surface area (Å²) in [7, 11) is 0. The number of aliphatic hydroxyl groups is 1. The zero-order valence-electron chi connectivity index (χ0n) is 38.6. The number of likely N-dealkylation sites (tertiary alicyclic amines) is 1. The normalized spacial score (nSPS) is 15.7. The number of thiophene rings is 1. The van der Waals surface area contributed by atoms with E-state index in [2.05, 4.69) is 36.6 Å². The number of nitrogens with one attached hydrogen (secondary N) is 5. The van der Waals surface area contributed by atoms with Crippen molar-refractivity contribution in [2.24, 2.45) is 5.41 Å². The van der Waals surface area contributed by atoms with Crippen LogP contribution in [0.4, 0.5) is 17.2 Å². The van der Waals surface area contributed by atoms with Gasteiger partial charge in [0.25, 0.3) is 11.8 Å². The number of aliphatic hydroxyl groups excluding tert-OH is 1. The van der Waals surface area contributed by atoms with Crippen molar-refractivity contribution in [2.45, 2.75) is 97.9 Å². The Morgan fingerprint density at radius 2 is 1.61 bits per heavy atom. The lowest BCUT2D eigenvalue weighted by Crippen LogP contribution is -2.57. The fourth-order valence-corrected chi connectivity index (χ4v) is 9.86. The molecule has 0 radical (unpaired) electrons. The van der Waals surface area contributed by atoms with Gasteiger partial charge in [0.15, 0.2) is 5.82 Å². The summed E-state index contributed by atoms with van der Waals surface area (Å²) in [6.07, 6.45) is 2.55. The first-order valence-corrected chi connectivity index (χ1v) is 24.3. The van der Waals surface area contributed by atoms with Crippen LogP contribution in [0.5, 0.6) is 0 Å². The molecule has 0 spiro atoms. The number of carbonyl (C=O) groups excluding carboxylic acids is 5. The number of rotatable bonds is 17. The van der Waals surface area contributed by atoms with Crippen molar-refractivity contribution in [1.29, 1.82) is 0 Å². The fourth-order valence-electron chi connectivity index (χ4n) is 8.11. The highest BCUT2D eigenvalue weighted by Crippen LogP contribution is 2.32. The van der Waals surface area contributed by atoms with E-state index in [9.17, 15) is 29.1 Å². The van der Waals surface area contributed by atoms with Gasteiger partial charge in [0.05, 0.1) is 45.0 Å². The predicted octanol–water partition coefficient (Wildman–Crippen LogP) is 8.69. The number of unbranched alkanes of at least 4 members (excludes halogenated alkanes) is 2. The molecule has 4 atom stereocenters. The van der Waals surface area contributed by atoms with Crippen molar-refractivity contribution in [1.82, 2.24) is 30.8 Å². The third-order valence-electron chi connectivity index (χ3n) is 11.9. The summed E-state index contributed by atoms with van der Waals surface area (Å²) in [6, 6.07) is 22.7. The molecule has 14 nitrogen and oxygen atoms in total. The van der Waals surface area contributed by atoms with Gasteiger partial charge in [-0.15, -0.1) is 22.7 Å². The number of β-amino-alcohol motifs (C(OH)–C–C–N with tert-alkyl or cyclic N) is 1. The zero-order valence-corrected chi connectivity index (χ0v) is 40.3. The van der Waals surface area contributed by atoms with Crippen LogP contribution in [0.25, 0.3) is 20.5 Å². The van der Waals surface area contributed by atoms with Crippen LogP contribution in [-0.4, -0.2) is 80.8 Å². The summed E-state index contributed by atoms with van der Waals surface area (Å²) in [5, 5.41) is 28.5. The molecule has 6 aromatic rings. The van der Waals surface area contributed by atoms with Gasteiger partial charge in [-0.3, -0.25) is 24.0 Å². The standard InChI is InChI=1S/C51H58N8O6S2/c1-30-14-9-11-16-39(30)56-46-40(57-48(63)38-28-66-42-17-12-10-15-37(38)42)24-35(26-53-46)47(62)52-23-13-7-8-18-43(61)58-45(51(4,5)6)50(65)59-27-36(60)25-41(59)49(64)55-31(2)33-19-21-34(22-20-33)44-32(3)54-29-67-44/h9-12,14-17,19-22,24,26,28-29,31,36,41,45,60H,7-8,13,18,23,25,27H2,1-6H3,(H,52,62)(H,53,56)(H,55,64)(H,57,63)(H,58,61)/t31-,36+,41-,45+/m0/s1. The second kappa shape index (κ2) is 21.4. The molecule has 0 bridgehead atoms. The predicted molar refractivity (Wildman–Crippen MR) is 266 cm³/mol. The number of benzene rings is 3. The second-order valence-corrected chi connectivity index (χ2v) is 19.9. The Morgan fingerprint density at radius 1 is 0.866 bits per heavy atom. The highest BCUT2D eigenvalue weighted by Gasteiger charge is 2.44. The first kappa shape index (κ1) is 48.4. The smallest absolute Gasteiger partial charge is 0.257 e. The number of hydrogen-bond acceptors (Lipinski definition) is 11. The Bertz CT molecular complexity index is 2750. The molecule has 16 heteroatoms. The fraction of sp³-hybridized carbons (Fsp3) is 0.353. The van der Waals surface area contributed by atoms with E-state index >= 15 is 0 Å². The Morgan fingerprint density at radius 3 is 2.34 bits per heavy atom. The quantitative estimate of drug-likeness (QED) is 0.0485. The second-order valence-electron chi connectivity index (χ2n) is 18.1. The summed E-state index contributed by atoms with van der Waals surface area (Å²) < 4.78 is 0.990. The molecule has 1 aliphatic rings. The minimum Gasteiger partial charge on any atom is -0.391 e. The van der Waals surface area contributed by atoms with Crippen LogP contribution in [0.15, 0.2) is 96.0 Å². The Balaban J connectivity index is 0.901. The summed E-state index contributed by atoms with van der Waals surface area (Å²) >= 11 is 3.05. The lowest BCUT2D eigenvalue weighted by atomic mass is 9.85. The Kier molecular flexibility index (Phi) is 15.5. The van der Waals surface area contributed by atoms with E-state index in [1.165, 1.54) is 22.4 Å². The molecule has 0 saturated carbocycles. The lowest BCUT2D eigenvalue weighted by molar-refractivity contribution is -0.144. The molecule has 5 amide bonds. The third-order valence-corrected chi connectivity index (χ3v) is 13.9. The van der Waals surface area contributed by atoms with Crippen LogP contribution in [0.1, 0.15) is 103 Å². The van der Waals surface area contributed by atoms with Crippen molar-refractivity contribution in [2.75, 3.05) is 23.7 Å². The van der Waals surface area contributed by atoms with Crippen LogP contribution >= 0.6 is 22.7 Å². The Hall–Kier alpha value is -6.49. The van der Waals surface area contributed by atoms with E-state index in [-0.39, 0.29) is 54.6 Å². The molecule has 6 N–H and O–H groups in total. The number of nitrogens with zero attached hydrogens (tertiary/aromatic N) is 3. The monoisotopic (exact) mass is 942 g/mol. The maximum absolute atomic E-state index is 14.2. The van der Waals surface area contributed by atoms with E-state index in [4.69, 9.17) is 0 Å². The third kappa shape index (κ3) is 11.9. The van der Waals surface area contributed by atoms with E-state index in [1.807, 2.05) is 125 Å². The number of carbonyl (C=O) groups is 5. The van der Waals surface area contributed by atoms with Gasteiger partial charge in [-0.25, -0.2) is 9.97 Å². The van der Waals surface area contributed by atoms with Gasteiger partial charge in [-0.1, -0.05) is 87.9 Å². The van der Waals surface area contributed by atoms with E-state index in [0.717, 1.165) is 43.0 Å². The molecule has 0 aliphatic carbocycles. The van der Waals surface area contributed by atoms with Crippen molar-refractivity contribution < 1.29 is 29.1 Å². The number of fused-ring (bicyclic) bond motifs is 1. The number of aryl methyl sites for hydroxylation is 2. The largest absolute Gasteiger partial charge is 0.391 e. The van der Waals surface area contributed by atoms with Gasteiger partial charge in [0, 0.05) is 53.3 Å². The molecule has 7 rings (SSSR count). The topological polar surface area (TPSA) is 195 Å². The summed E-state index contributed by atoms with van der Waals surface area (Å²) in [5.41, 5.74) is 6.96. The van der Waals surface area contributed by atoms with Crippen molar-refractivity contribution in [3.63, 3.8) is 0 Å². The van der Waals surface area contributed by atoms with Crippen LogP contribution in [0.3, 0.4) is 0 Å². The van der Waals surface area contributed by atoms with Crippen molar-refractivity contribution >= 4 is 79.5 Å². The molecule has 1 aliphatic heterocycles. The molecule has 1 fully saturated rings. The van der Waals surface area contributed by atoms with Gasteiger partial charge < -0.3 is 36.6 Å². The molecule has 67 heavy (non-hydrogen) atoms. The average Bonchev–Trinajstić information content (AvgIpc) is 4.05. The van der Waals surface area contributed by atoms with Gasteiger partial charge in [-0.2, -0.15) is 0 Å². The molecular formula is C51H58N8O6S2. The molecule has 0 unspecified atom stereocenters. The van der Waals surface area contributed by atoms with Crippen LogP contribution in [-0.2, 0) is 14.4 Å². The van der Waals surface area contributed by atoms with Gasteiger partial charge in [0.1, 0.15) is 12.1 Å². The summed E-state index contributed by atoms with van der Waals surface area (Å²) in [5.74, 6) is -1.39. The average molecular weight is 943 g/mol. The van der Waals surface area contributed by atoms with Crippen LogP contribution in [0.2, 0.25) is 0 Å². The number of para-hydroxylation sites is 1. The number of hydrogen-bond donors (Lipinski definition) is 6. The van der Waals surface area contributed by atoms with E-state index < -0.39 is 29.5 Å². The van der Waals surface area contributed by atoms with Gasteiger partial charge >= 0.3 is 0 Å². The maximum Gasteiger partial charge on any atom is 0.257 e.